The van der Waals surface area contributed by atoms with Gasteiger partial charge in [0.05, 0.1) is 4.90 Å². The standard InChI is InChI=1S/C18H21ClN2O4S/c1-25-11-5-10-20-18(22)14-7-4-8-16(12-14)26(23,24)21-13-15-6-2-3-9-17(15)19/h2-4,6-9,12,21H,5,10-11,13H2,1H3,(H,20,22). The molecule has 0 aliphatic rings. The molecule has 2 rings (SSSR count). The lowest BCUT2D eigenvalue weighted by Gasteiger charge is -2.10. The number of methoxy groups -OCH3 is 1. The topological polar surface area (TPSA) is 84.5 Å². The molecule has 1 amide bonds. The Morgan fingerprint density at radius 2 is 1.92 bits per heavy atom. The minimum absolute atomic E-state index is 0.0223. The second-order valence-electron chi connectivity index (χ2n) is 5.55. The van der Waals surface area contributed by atoms with Crippen molar-refractivity contribution in [1.29, 1.82) is 0 Å². The number of hydrogen-bond donors (Lipinski definition) is 2. The Labute approximate surface area is 158 Å². The van der Waals surface area contributed by atoms with E-state index in [-0.39, 0.29) is 22.9 Å². The molecule has 0 unspecified atom stereocenters. The zero-order valence-corrected chi connectivity index (χ0v) is 15.9. The predicted octanol–water partition coefficient (Wildman–Crippen LogP) is 2.58. The highest BCUT2D eigenvalue weighted by atomic mass is 35.5. The van der Waals surface area contributed by atoms with Crippen molar-refractivity contribution in [3.8, 4) is 0 Å². The number of amides is 1. The van der Waals surface area contributed by atoms with Crippen LogP contribution in [0.5, 0.6) is 0 Å². The van der Waals surface area contributed by atoms with Gasteiger partial charge < -0.3 is 10.1 Å². The molecule has 8 heteroatoms. The molecular formula is C18H21ClN2O4S. The molecule has 2 N–H and O–H groups in total. The summed E-state index contributed by atoms with van der Waals surface area (Å²) in [6.45, 7) is 1.06. The quantitative estimate of drug-likeness (QED) is 0.638. The molecule has 0 bridgehead atoms. The summed E-state index contributed by atoms with van der Waals surface area (Å²) in [5, 5.41) is 3.21. The fourth-order valence-corrected chi connectivity index (χ4v) is 3.48. The summed E-state index contributed by atoms with van der Waals surface area (Å²) in [5.74, 6) is -0.329. The van der Waals surface area contributed by atoms with Crippen LogP contribution < -0.4 is 10.0 Å². The van der Waals surface area contributed by atoms with Gasteiger partial charge in [-0.25, -0.2) is 13.1 Å². The molecule has 0 aliphatic carbocycles. The third-order valence-corrected chi connectivity index (χ3v) is 5.40. The molecule has 0 spiro atoms. The summed E-state index contributed by atoms with van der Waals surface area (Å²) >= 11 is 6.04. The third kappa shape index (κ3) is 5.81. The molecule has 0 saturated heterocycles. The van der Waals surface area contributed by atoms with Gasteiger partial charge >= 0.3 is 0 Å². The maximum atomic E-state index is 12.5. The van der Waals surface area contributed by atoms with Gasteiger partial charge in [0.2, 0.25) is 10.0 Å². The van der Waals surface area contributed by atoms with Crippen LogP contribution in [0.1, 0.15) is 22.3 Å². The SMILES string of the molecule is COCCCNC(=O)c1cccc(S(=O)(=O)NCc2ccccc2Cl)c1. The van der Waals surface area contributed by atoms with Crippen molar-refractivity contribution in [3.63, 3.8) is 0 Å². The van der Waals surface area contributed by atoms with Crippen molar-refractivity contribution in [3.05, 3.63) is 64.7 Å². The monoisotopic (exact) mass is 396 g/mol. The van der Waals surface area contributed by atoms with Crippen LogP contribution in [0.3, 0.4) is 0 Å². The van der Waals surface area contributed by atoms with Gasteiger partial charge in [-0.3, -0.25) is 4.79 Å². The van der Waals surface area contributed by atoms with E-state index in [2.05, 4.69) is 10.0 Å². The number of rotatable bonds is 9. The van der Waals surface area contributed by atoms with Gasteiger partial charge in [0.15, 0.2) is 0 Å². The fraction of sp³-hybridized carbons (Fsp3) is 0.278. The van der Waals surface area contributed by atoms with E-state index in [4.69, 9.17) is 16.3 Å². The number of carbonyl (C=O) groups excluding carboxylic acids is 1. The molecule has 6 nitrogen and oxygen atoms in total. The molecule has 0 aromatic heterocycles. The number of benzene rings is 2. The molecule has 0 fully saturated rings. The van der Waals surface area contributed by atoms with E-state index in [1.807, 2.05) is 0 Å². The Morgan fingerprint density at radius 3 is 2.65 bits per heavy atom. The van der Waals surface area contributed by atoms with Crippen LogP contribution in [0.25, 0.3) is 0 Å². The van der Waals surface area contributed by atoms with Crippen molar-refractivity contribution in [2.24, 2.45) is 0 Å². The van der Waals surface area contributed by atoms with Crippen LogP contribution in [0.2, 0.25) is 5.02 Å². The fourth-order valence-electron chi connectivity index (χ4n) is 2.22. The minimum Gasteiger partial charge on any atom is -0.385 e. The van der Waals surface area contributed by atoms with Crippen LogP contribution in [-0.4, -0.2) is 34.6 Å². The summed E-state index contributed by atoms with van der Waals surface area (Å²) in [6, 6.07) is 12.9. The maximum Gasteiger partial charge on any atom is 0.251 e. The van der Waals surface area contributed by atoms with Crippen LogP contribution in [-0.2, 0) is 21.3 Å². The predicted molar refractivity (Wildman–Crippen MR) is 101 cm³/mol. The smallest absolute Gasteiger partial charge is 0.251 e. The lowest BCUT2D eigenvalue weighted by molar-refractivity contribution is 0.0948. The second kappa shape index (κ2) is 9.68. The summed E-state index contributed by atoms with van der Waals surface area (Å²) < 4.78 is 32.4. The molecule has 2 aromatic rings. The van der Waals surface area contributed by atoms with Crippen LogP contribution in [0.15, 0.2) is 53.4 Å². The molecular weight excluding hydrogens is 376 g/mol. The molecule has 0 aliphatic heterocycles. The lowest BCUT2D eigenvalue weighted by atomic mass is 10.2. The molecule has 140 valence electrons. The van der Waals surface area contributed by atoms with Crippen molar-refractivity contribution in [1.82, 2.24) is 10.0 Å². The van der Waals surface area contributed by atoms with E-state index in [1.165, 1.54) is 18.2 Å². The van der Waals surface area contributed by atoms with Gasteiger partial charge in [-0.05, 0) is 36.2 Å². The summed E-state index contributed by atoms with van der Waals surface area (Å²) in [4.78, 5) is 12.1. The van der Waals surface area contributed by atoms with Crippen molar-refractivity contribution in [2.75, 3.05) is 20.3 Å². The lowest BCUT2D eigenvalue weighted by Crippen LogP contribution is -2.26. The molecule has 0 saturated carbocycles. The van der Waals surface area contributed by atoms with Gasteiger partial charge in [-0.2, -0.15) is 0 Å². The highest BCUT2D eigenvalue weighted by Gasteiger charge is 2.16. The zero-order valence-electron chi connectivity index (χ0n) is 14.4. The molecule has 0 heterocycles. The number of halogens is 1. The van der Waals surface area contributed by atoms with E-state index >= 15 is 0 Å². The van der Waals surface area contributed by atoms with E-state index in [0.29, 0.717) is 30.2 Å². The average molecular weight is 397 g/mol. The Hall–Kier alpha value is -1.93. The highest BCUT2D eigenvalue weighted by Crippen LogP contribution is 2.16. The number of sulfonamides is 1. The molecule has 26 heavy (non-hydrogen) atoms. The summed E-state index contributed by atoms with van der Waals surface area (Å²) in [6.07, 6.45) is 0.680. The maximum absolute atomic E-state index is 12.5. The van der Waals surface area contributed by atoms with Crippen molar-refractivity contribution >= 4 is 27.5 Å². The van der Waals surface area contributed by atoms with Crippen LogP contribution in [0, 0.1) is 0 Å². The van der Waals surface area contributed by atoms with Gasteiger partial charge in [0.25, 0.3) is 5.91 Å². The Morgan fingerprint density at radius 1 is 1.15 bits per heavy atom. The normalized spacial score (nSPS) is 11.3. The second-order valence-corrected chi connectivity index (χ2v) is 7.72. The van der Waals surface area contributed by atoms with Gasteiger partial charge in [0, 0.05) is 37.4 Å². The van der Waals surface area contributed by atoms with E-state index < -0.39 is 10.0 Å². The van der Waals surface area contributed by atoms with E-state index in [0.717, 1.165) is 0 Å². The first kappa shape index (κ1) is 20.4. The van der Waals surface area contributed by atoms with Crippen molar-refractivity contribution in [2.45, 2.75) is 17.9 Å². The van der Waals surface area contributed by atoms with E-state index in [9.17, 15) is 13.2 Å². The number of hydrogen-bond acceptors (Lipinski definition) is 4. The Kier molecular flexibility index (Phi) is 7.59. The Balaban J connectivity index is 2.05. The van der Waals surface area contributed by atoms with Gasteiger partial charge in [0.1, 0.15) is 0 Å². The molecule has 2 aromatic carbocycles. The number of nitrogens with one attached hydrogen (secondary N) is 2. The summed E-state index contributed by atoms with van der Waals surface area (Å²) in [5.41, 5.74) is 0.952. The van der Waals surface area contributed by atoms with Crippen molar-refractivity contribution < 1.29 is 17.9 Å². The zero-order chi connectivity index (χ0) is 19.0. The van der Waals surface area contributed by atoms with E-state index in [1.54, 1.807) is 37.4 Å². The van der Waals surface area contributed by atoms with Crippen LogP contribution >= 0.6 is 11.6 Å². The first-order valence-electron chi connectivity index (χ1n) is 8.04. The van der Waals surface area contributed by atoms with Gasteiger partial charge in [-0.15, -0.1) is 0 Å². The molecule has 0 radical (unpaired) electrons. The van der Waals surface area contributed by atoms with Crippen LogP contribution in [0.4, 0.5) is 0 Å². The summed E-state index contributed by atoms with van der Waals surface area (Å²) in [7, 11) is -2.18. The van der Waals surface area contributed by atoms with Gasteiger partial charge in [-0.1, -0.05) is 35.9 Å². The first-order valence-corrected chi connectivity index (χ1v) is 9.90. The molecule has 0 atom stereocenters. The third-order valence-electron chi connectivity index (χ3n) is 3.63. The Bertz CT molecular complexity index is 856. The average Bonchev–Trinajstić information content (AvgIpc) is 2.64. The largest absolute Gasteiger partial charge is 0.385 e. The first-order chi connectivity index (χ1) is 12.4. The highest BCUT2D eigenvalue weighted by molar-refractivity contribution is 7.89. The number of ether oxygens (including phenoxy) is 1. The minimum atomic E-state index is -3.77. The number of carbonyl (C=O) groups is 1.